The first-order valence-corrected chi connectivity index (χ1v) is 4.66. The molecule has 2 atom stereocenters. The number of amides is 1. The molecule has 2 rings (SSSR count). The molecule has 2 fully saturated rings. The quantitative estimate of drug-likeness (QED) is 0.557. The molecule has 68 valence electrons. The van der Waals surface area contributed by atoms with Crippen molar-refractivity contribution in [3.63, 3.8) is 0 Å². The standard InChI is InChI=1S/C9H16N2O/c1-7-5-8(7)11-4-3-10(2)6-9(11)12/h7-8H,3-6H2,1-2H3/t7-,8?/m1/s1. The van der Waals surface area contributed by atoms with Crippen LogP contribution in [0.25, 0.3) is 0 Å². The minimum absolute atomic E-state index is 0.318. The second-order valence-electron chi connectivity index (χ2n) is 4.11. The predicted octanol–water partition coefficient (Wildman–Crippen LogP) is 0.169. The van der Waals surface area contributed by atoms with E-state index >= 15 is 0 Å². The molecule has 1 heterocycles. The summed E-state index contributed by atoms with van der Waals surface area (Å²) in [7, 11) is 2.01. The predicted molar refractivity (Wildman–Crippen MR) is 46.8 cm³/mol. The average Bonchev–Trinajstić information content (AvgIpc) is 2.66. The van der Waals surface area contributed by atoms with Gasteiger partial charge < -0.3 is 4.90 Å². The van der Waals surface area contributed by atoms with Gasteiger partial charge in [-0.1, -0.05) is 6.92 Å². The molecule has 1 unspecified atom stereocenters. The van der Waals surface area contributed by atoms with Crippen LogP contribution in [-0.4, -0.2) is 48.4 Å². The molecule has 2 aliphatic rings. The zero-order chi connectivity index (χ0) is 8.72. The lowest BCUT2D eigenvalue weighted by molar-refractivity contribution is -0.136. The minimum atomic E-state index is 0.318. The highest BCUT2D eigenvalue weighted by Gasteiger charge is 2.41. The normalized spacial score (nSPS) is 37.2. The van der Waals surface area contributed by atoms with Crippen LogP contribution in [0.1, 0.15) is 13.3 Å². The van der Waals surface area contributed by atoms with E-state index in [0.29, 0.717) is 18.5 Å². The lowest BCUT2D eigenvalue weighted by Gasteiger charge is -2.32. The zero-order valence-corrected chi connectivity index (χ0v) is 7.79. The van der Waals surface area contributed by atoms with Gasteiger partial charge in [0, 0.05) is 19.1 Å². The Morgan fingerprint density at radius 3 is 2.58 bits per heavy atom. The molecule has 0 spiro atoms. The maximum absolute atomic E-state index is 11.5. The second kappa shape index (κ2) is 2.73. The molecule has 1 saturated heterocycles. The van der Waals surface area contributed by atoms with Crippen LogP contribution in [-0.2, 0) is 4.79 Å². The van der Waals surface area contributed by atoms with Crippen molar-refractivity contribution in [3.05, 3.63) is 0 Å². The molecule has 1 aliphatic heterocycles. The first-order valence-electron chi connectivity index (χ1n) is 4.66. The molecular formula is C9H16N2O. The Bertz CT molecular complexity index is 205. The Hall–Kier alpha value is -0.570. The van der Waals surface area contributed by atoms with Crippen molar-refractivity contribution in [1.29, 1.82) is 0 Å². The first-order chi connectivity index (χ1) is 5.68. The molecule has 12 heavy (non-hydrogen) atoms. The van der Waals surface area contributed by atoms with Gasteiger partial charge in [-0.3, -0.25) is 9.69 Å². The van der Waals surface area contributed by atoms with Crippen molar-refractivity contribution in [3.8, 4) is 0 Å². The molecule has 0 radical (unpaired) electrons. The summed E-state index contributed by atoms with van der Waals surface area (Å²) < 4.78 is 0. The maximum Gasteiger partial charge on any atom is 0.237 e. The van der Waals surface area contributed by atoms with Crippen molar-refractivity contribution >= 4 is 5.91 Å². The summed E-state index contributed by atoms with van der Waals surface area (Å²) in [6.07, 6.45) is 1.22. The number of rotatable bonds is 1. The van der Waals surface area contributed by atoms with Crippen molar-refractivity contribution in [2.45, 2.75) is 19.4 Å². The zero-order valence-electron chi connectivity index (χ0n) is 7.79. The SMILES string of the molecule is C[C@@H]1CC1N1CCN(C)CC1=O. The van der Waals surface area contributed by atoms with Crippen LogP contribution in [0.3, 0.4) is 0 Å². The summed E-state index contributed by atoms with van der Waals surface area (Å²) in [5.41, 5.74) is 0. The van der Waals surface area contributed by atoms with E-state index in [2.05, 4.69) is 16.7 Å². The number of piperazine rings is 1. The summed E-state index contributed by atoms with van der Waals surface area (Å²) in [6.45, 7) is 4.80. The van der Waals surface area contributed by atoms with Crippen molar-refractivity contribution in [1.82, 2.24) is 9.80 Å². The summed E-state index contributed by atoms with van der Waals surface area (Å²) in [5, 5.41) is 0. The fourth-order valence-corrected chi connectivity index (χ4v) is 1.89. The number of carbonyl (C=O) groups is 1. The van der Waals surface area contributed by atoms with Gasteiger partial charge in [0.2, 0.25) is 5.91 Å². The molecule has 0 aromatic rings. The lowest BCUT2D eigenvalue weighted by atomic mass is 10.3. The number of carbonyl (C=O) groups excluding carboxylic acids is 1. The van der Waals surface area contributed by atoms with E-state index in [1.54, 1.807) is 0 Å². The topological polar surface area (TPSA) is 23.6 Å². The fourth-order valence-electron chi connectivity index (χ4n) is 1.89. The van der Waals surface area contributed by atoms with E-state index in [-0.39, 0.29) is 0 Å². The molecule has 0 bridgehead atoms. The summed E-state index contributed by atoms with van der Waals surface area (Å²) in [5.74, 6) is 1.07. The summed E-state index contributed by atoms with van der Waals surface area (Å²) in [6, 6.07) is 0.575. The summed E-state index contributed by atoms with van der Waals surface area (Å²) >= 11 is 0. The number of hydrogen-bond acceptors (Lipinski definition) is 2. The third-order valence-corrected chi connectivity index (χ3v) is 2.92. The van der Waals surface area contributed by atoms with Crippen LogP contribution in [0.15, 0.2) is 0 Å². The Morgan fingerprint density at radius 2 is 2.08 bits per heavy atom. The van der Waals surface area contributed by atoms with Crippen molar-refractivity contribution in [2.75, 3.05) is 26.7 Å². The molecule has 0 N–H and O–H groups in total. The maximum atomic E-state index is 11.5. The van der Waals surface area contributed by atoms with E-state index in [4.69, 9.17) is 0 Å². The molecule has 0 aromatic heterocycles. The van der Waals surface area contributed by atoms with Gasteiger partial charge in [-0.05, 0) is 19.4 Å². The summed E-state index contributed by atoms with van der Waals surface area (Å²) in [4.78, 5) is 15.7. The molecule has 1 amide bonds. The first kappa shape index (κ1) is 8.05. The van der Waals surface area contributed by atoms with E-state index in [1.165, 1.54) is 6.42 Å². The third kappa shape index (κ3) is 1.33. The van der Waals surface area contributed by atoms with E-state index in [9.17, 15) is 4.79 Å². The Morgan fingerprint density at radius 1 is 1.42 bits per heavy atom. The highest BCUT2D eigenvalue weighted by molar-refractivity contribution is 5.79. The van der Waals surface area contributed by atoms with E-state index in [0.717, 1.165) is 19.0 Å². The third-order valence-electron chi connectivity index (χ3n) is 2.92. The van der Waals surface area contributed by atoms with Crippen LogP contribution in [0.2, 0.25) is 0 Å². The van der Waals surface area contributed by atoms with Gasteiger partial charge in [0.1, 0.15) is 0 Å². The Kier molecular flexibility index (Phi) is 1.83. The highest BCUT2D eigenvalue weighted by atomic mass is 16.2. The van der Waals surface area contributed by atoms with Crippen molar-refractivity contribution in [2.24, 2.45) is 5.92 Å². The lowest BCUT2D eigenvalue weighted by Crippen LogP contribution is -2.49. The van der Waals surface area contributed by atoms with Crippen LogP contribution < -0.4 is 0 Å². The average molecular weight is 168 g/mol. The molecular weight excluding hydrogens is 152 g/mol. The van der Waals surface area contributed by atoms with Crippen LogP contribution >= 0.6 is 0 Å². The number of likely N-dealkylation sites (N-methyl/N-ethyl adjacent to an activating group) is 1. The van der Waals surface area contributed by atoms with Gasteiger partial charge >= 0.3 is 0 Å². The van der Waals surface area contributed by atoms with Crippen LogP contribution in [0.4, 0.5) is 0 Å². The smallest absolute Gasteiger partial charge is 0.237 e. The van der Waals surface area contributed by atoms with Crippen LogP contribution in [0.5, 0.6) is 0 Å². The minimum Gasteiger partial charge on any atom is -0.337 e. The van der Waals surface area contributed by atoms with E-state index in [1.807, 2.05) is 7.05 Å². The number of hydrogen-bond donors (Lipinski definition) is 0. The monoisotopic (exact) mass is 168 g/mol. The van der Waals surface area contributed by atoms with Gasteiger partial charge in [0.05, 0.1) is 6.54 Å². The fraction of sp³-hybridized carbons (Fsp3) is 0.889. The Labute approximate surface area is 73.3 Å². The van der Waals surface area contributed by atoms with Crippen LogP contribution in [0, 0.1) is 5.92 Å². The molecule has 1 saturated carbocycles. The molecule has 1 aliphatic carbocycles. The van der Waals surface area contributed by atoms with Crippen molar-refractivity contribution < 1.29 is 4.79 Å². The van der Waals surface area contributed by atoms with E-state index < -0.39 is 0 Å². The highest BCUT2D eigenvalue weighted by Crippen LogP contribution is 2.35. The molecule has 3 heteroatoms. The Balaban J connectivity index is 1.94. The van der Waals surface area contributed by atoms with Gasteiger partial charge in [-0.15, -0.1) is 0 Å². The van der Waals surface area contributed by atoms with Gasteiger partial charge in [0.15, 0.2) is 0 Å². The molecule has 3 nitrogen and oxygen atoms in total. The van der Waals surface area contributed by atoms with Gasteiger partial charge in [-0.25, -0.2) is 0 Å². The molecule has 0 aromatic carbocycles. The largest absolute Gasteiger partial charge is 0.337 e. The number of nitrogens with zero attached hydrogens (tertiary/aromatic N) is 2. The second-order valence-corrected chi connectivity index (χ2v) is 4.11. The van der Waals surface area contributed by atoms with Gasteiger partial charge in [0.25, 0.3) is 0 Å². The van der Waals surface area contributed by atoms with Gasteiger partial charge in [-0.2, -0.15) is 0 Å².